The highest BCUT2D eigenvalue weighted by molar-refractivity contribution is 7.80. The van der Waals surface area contributed by atoms with Crippen LogP contribution in [0.25, 0.3) is 0 Å². The molecule has 1 amide bonds. The van der Waals surface area contributed by atoms with Crippen molar-refractivity contribution >= 4 is 23.1 Å². The molecule has 0 aliphatic heterocycles. The molecule has 0 atom stereocenters. The molecule has 1 fully saturated rings. The maximum atomic E-state index is 11.9. The van der Waals surface area contributed by atoms with Gasteiger partial charge >= 0.3 is 0 Å². The molecule has 0 spiro atoms. The molecule has 5 nitrogen and oxygen atoms in total. The zero-order valence-corrected chi connectivity index (χ0v) is 10.00. The summed E-state index contributed by atoms with van der Waals surface area (Å²) in [6, 6.07) is 3.50. The fraction of sp³-hybridized carbons (Fsp3) is 0.364. The predicted molar refractivity (Wildman–Crippen MR) is 67.8 cm³/mol. The van der Waals surface area contributed by atoms with Crippen LogP contribution in [-0.2, 0) is 11.3 Å². The van der Waals surface area contributed by atoms with E-state index in [-0.39, 0.29) is 34.6 Å². The number of thiocarbonyl (C=S) groups is 1. The maximum absolute atomic E-state index is 11.9. The molecule has 1 aliphatic carbocycles. The fourth-order valence-electron chi connectivity index (χ4n) is 1.50. The van der Waals surface area contributed by atoms with Crippen LogP contribution in [-0.4, -0.2) is 21.5 Å². The summed E-state index contributed by atoms with van der Waals surface area (Å²) >= 11 is 4.77. The van der Waals surface area contributed by atoms with Crippen molar-refractivity contribution in [1.29, 1.82) is 0 Å². The van der Waals surface area contributed by atoms with Crippen LogP contribution in [0, 0.1) is 0 Å². The minimum Gasteiger partial charge on any atom is -0.389 e. The normalized spacial score (nSPS) is 14.4. The number of aromatic nitrogens is 1. The largest absolute Gasteiger partial charge is 0.389 e. The van der Waals surface area contributed by atoms with Gasteiger partial charge < -0.3 is 15.6 Å². The minimum absolute atomic E-state index is 0.00574. The SMILES string of the molecule is NC(=S)c1cccn(CC(=O)NC2CC2)c1=O. The first-order valence-corrected chi connectivity index (χ1v) is 5.77. The fourth-order valence-corrected chi connectivity index (χ4v) is 1.66. The molecule has 90 valence electrons. The van der Waals surface area contributed by atoms with Gasteiger partial charge in [-0.05, 0) is 25.0 Å². The van der Waals surface area contributed by atoms with Crippen LogP contribution in [0.1, 0.15) is 18.4 Å². The molecule has 1 aromatic heterocycles. The Labute approximate surface area is 104 Å². The second-order valence-corrected chi connectivity index (χ2v) is 4.50. The summed E-state index contributed by atoms with van der Waals surface area (Å²) in [4.78, 5) is 23.5. The van der Waals surface area contributed by atoms with E-state index in [0.717, 1.165) is 12.8 Å². The lowest BCUT2D eigenvalue weighted by atomic mass is 10.3. The van der Waals surface area contributed by atoms with E-state index in [1.54, 1.807) is 18.3 Å². The van der Waals surface area contributed by atoms with Crippen molar-refractivity contribution in [2.24, 2.45) is 5.73 Å². The zero-order valence-electron chi connectivity index (χ0n) is 9.18. The van der Waals surface area contributed by atoms with Crippen LogP contribution in [0.4, 0.5) is 0 Å². The van der Waals surface area contributed by atoms with Gasteiger partial charge in [-0.15, -0.1) is 0 Å². The van der Waals surface area contributed by atoms with Gasteiger partial charge in [0.2, 0.25) is 5.91 Å². The van der Waals surface area contributed by atoms with E-state index in [9.17, 15) is 9.59 Å². The first-order chi connectivity index (χ1) is 8.08. The minimum atomic E-state index is -0.328. The molecule has 0 aromatic carbocycles. The number of carbonyl (C=O) groups is 1. The number of amides is 1. The van der Waals surface area contributed by atoms with E-state index in [0.29, 0.717) is 0 Å². The van der Waals surface area contributed by atoms with Crippen LogP contribution < -0.4 is 16.6 Å². The number of rotatable bonds is 4. The number of pyridine rings is 1. The Kier molecular flexibility index (Phi) is 3.23. The Hall–Kier alpha value is -1.69. The summed E-state index contributed by atoms with van der Waals surface area (Å²) < 4.78 is 1.31. The summed E-state index contributed by atoms with van der Waals surface area (Å²) in [5.41, 5.74) is 5.36. The Morgan fingerprint density at radius 1 is 1.59 bits per heavy atom. The molecule has 2 rings (SSSR count). The number of nitrogens with two attached hydrogens (primary N) is 1. The summed E-state index contributed by atoms with van der Waals surface area (Å²) in [6.07, 6.45) is 3.59. The summed E-state index contributed by atoms with van der Waals surface area (Å²) in [7, 11) is 0. The highest BCUT2D eigenvalue weighted by atomic mass is 32.1. The third kappa shape index (κ3) is 2.91. The lowest BCUT2D eigenvalue weighted by molar-refractivity contribution is -0.121. The molecule has 0 radical (unpaired) electrons. The highest BCUT2D eigenvalue weighted by Gasteiger charge is 2.23. The van der Waals surface area contributed by atoms with Crippen LogP contribution in [0.2, 0.25) is 0 Å². The predicted octanol–water partition coefficient (Wildman–Crippen LogP) is -0.239. The Balaban J connectivity index is 2.14. The van der Waals surface area contributed by atoms with Gasteiger partial charge in [-0.3, -0.25) is 9.59 Å². The molecule has 3 N–H and O–H groups in total. The van der Waals surface area contributed by atoms with E-state index in [1.807, 2.05) is 0 Å². The number of hydrogen-bond donors (Lipinski definition) is 2. The molecule has 1 aliphatic rings. The lowest BCUT2D eigenvalue weighted by Crippen LogP contribution is -2.35. The first kappa shape index (κ1) is 11.8. The van der Waals surface area contributed by atoms with Crippen molar-refractivity contribution in [3.05, 3.63) is 34.2 Å². The van der Waals surface area contributed by atoms with Crippen molar-refractivity contribution in [3.63, 3.8) is 0 Å². The van der Waals surface area contributed by atoms with Gasteiger partial charge in [0.05, 0.1) is 5.56 Å². The number of nitrogens with zero attached hydrogens (tertiary/aromatic N) is 1. The van der Waals surface area contributed by atoms with Crippen LogP contribution in [0.5, 0.6) is 0 Å². The summed E-state index contributed by atoms with van der Waals surface area (Å²) in [5.74, 6) is -0.158. The van der Waals surface area contributed by atoms with Crippen molar-refractivity contribution in [2.45, 2.75) is 25.4 Å². The third-order valence-electron chi connectivity index (χ3n) is 2.54. The van der Waals surface area contributed by atoms with Crippen LogP contribution in [0.3, 0.4) is 0 Å². The van der Waals surface area contributed by atoms with Crippen molar-refractivity contribution < 1.29 is 4.79 Å². The van der Waals surface area contributed by atoms with Crippen molar-refractivity contribution in [2.75, 3.05) is 0 Å². The molecule has 1 aromatic rings. The van der Waals surface area contributed by atoms with Gasteiger partial charge in [-0.1, -0.05) is 12.2 Å². The Morgan fingerprint density at radius 3 is 2.88 bits per heavy atom. The average molecular weight is 251 g/mol. The number of nitrogens with one attached hydrogen (secondary N) is 1. The standard InChI is InChI=1S/C11H13N3O2S/c12-10(17)8-2-1-5-14(11(8)16)6-9(15)13-7-3-4-7/h1-2,5,7H,3-4,6H2,(H2,12,17)(H,13,15). The number of carbonyl (C=O) groups excluding carboxylic acids is 1. The maximum Gasteiger partial charge on any atom is 0.261 e. The van der Waals surface area contributed by atoms with Gasteiger partial charge in [-0.25, -0.2) is 0 Å². The molecule has 0 bridgehead atoms. The molecule has 1 saturated carbocycles. The molecule has 0 unspecified atom stereocenters. The quantitative estimate of drug-likeness (QED) is 0.724. The molecule has 17 heavy (non-hydrogen) atoms. The second kappa shape index (κ2) is 4.67. The smallest absolute Gasteiger partial charge is 0.261 e. The van der Waals surface area contributed by atoms with E-state index in [4.69, 9.17) is 18.0 Å². The Bertz CT molecular complexity index is 520. The third-order valence-corrected chi connectivity index (χ3v) is 2.76. The molecule has 6 heteroatoms. The average Bonchev–Trinajstić information content (AvgIpc) is 3.04. The van der Waals surface area contributed by atoms with Crippen molar-refractivity contribution in [1.82, 2.24) is 9.88 Å². The lowest BCUT2D eigenvalue weighted by Gasteiger charge is -2.07. The molecule has 1 heterocycles. The van der Waals surface area contributed by atoms with Crippen LogP contribution >= 0.6 is 12.2 Å². The second-order valence-electron chi connectivity index (χ2n) is 4.06. The summed E-state index contributed by atoms with van der Waals surface area (Å²) in [5, 5.41) is 2.82. The van der Waals surface area contributed by atoms with Crippen LogP contribution in [0.15, 0.2) is 23.1 Å². The van der Waals surface area contributed by atoms with E-state index in [1.165, 1.54) is 4.57 Å². The van der Waals surface area contributed by atoms with Gasteiger partial charge in [0.25, 0.3) is 5.56 Å². The first-order valence-electron chi connectivity index (χ1n) is 5.36. The molecule has 0 saturated heterocycles. The van der Waals surface area contributed by atoms with Gasteiger partial charge in [0, 0.05) is 12.2 Å². The summed E-state index contributed by atoms with van der Waals surface area (Å²) in [6.45, 7) is 0.00574. The Morgan fingerprint density at radius 2 is 2.29 bits per heavy atom. The van der Waals surface area contributed by atoms with Gasteiger partial charge in [-0.2, -0.15) is 0 Å². The van der Waals surface area contributed by atoms with Crippen molar-refractivity contribution in [3.8, 4) is 0 Å². The molecular formula is C11H13N3O2S. The zero-order chi connectivity index (χ0) is 12.4. The van der Waals surface area contributed by atoms with E-state index in [2.05, 4.69) is 5.32 Å². The van der Waals surface area contributed by atoms with Gasteiger partial charge in [0.1, 0.15) is 11.5 Å². The van der Waals surface area contributed by atoms with E-state index >= 15 is 0 Å². The van der Waals surface area contributed by atoms with E-state index < -0.39 is 0 Å². The monoisotopic (exact) mass is 251 g/mol. The topological polar surface area (TPSA) is 77.1 Å². The van der Waals surface area contributed by atoms with Gasteiger partial charge in [0.15, 0.2) is 0 Å². The molecular weight excluding hydrogens is 238 g/mol. The number of hydrogen-bond acceptors (Lipinski definition) is 3. The highest BCUT2D eigenvalue weighted by Crippen LogP contribution is 2.18.